The lowest BCUT2D eigenvalue weighted by Gasteiger charge is -2.13. The molecule has 0 aliphatic carbocycles. The van der Waals surface area contributed by atoms with Gasteiger partial charge in [-0.3, -0.25) is 0 Å². The van der Waals surface area contributed by atoms with E-state index in [2.05, 4.69) is 6.92 Å². The Kier molecular flexibility index (Phi) is 9.99. The van der Waals surface area contributed by atoms with Crippen LogP contribution in [0.3, 0.4) is 0 Å². The number of hydrogen-bond acceptors (Lipinski definition) is 4. The van der Waals surface area contributed by atoms with Crippen molar-refractivity contribution in [3.05, 3.63) is 41.8 Å². The topological polar surface area (TPSA) is 44.8 Å². The van der Waals surface area contributed by atoms with E-state index >= 15 is 0 Å². The van der Waals surface area contributed by atoms with E-state index in [1.165, 1.54) is 0 Å². The molecule has 1 aromatic carbocycles. The van der Waals surface area contributed by atoms with E-state index in [-0.39, 0.29) is 12.9 Å². The number of rotatable bonds is 11. The van der Waals surface area contributed by atoms with Crippen LogP contribution in [0.15, 0.2) is 46.7 Å². The van der Waals surface area contributed by atoms with Crippen molar-refractivity contribution in [3.8, 4) is 0 Å². The Labute approximate surface area is 129 Å². The van der Waals surface area contributed by atoms with Crippen molar-refractivity contribution in [2.24, 2.45) is 0 Å². The van der Waals surface area contributed by atoms with Crippen LogP contribution in [0.1, 0.15) is 19.8 Å². The van der Waals surface area contributed by atoms with Gasteiger partial charge in [0.25, 0.3) is 0 Å². The molecule has 21 heavy (non-hydrogen) atoms. The van der Waals surface area contributed by atoms with Crippen molar-refractivity contribution in [1.29, 1.82) is 0 Å². The minimum atomic E-state index is -1.14. The van der Waals surface area contributed by atoms with Gasteiger partial charge in [0.2, 0.25) is 0 Å². The summed E-state index contributed by atoms with van der Waals surface area (Å²) in [6.07, 6.45) is 3.64. The number of ether oxygens (including phenoxy) is 3. The summed E-state index contributed by atoms with van der Waals surface area (Å²) in [7, 11) is 0.491. The second-order valence-electron chi connectivity index (χ2n) is 4.45. The summed E-state index contributed by atoms with van der Waals surface area (Å²) in [5.74, 6) is 0. The van der Waals surface area contributed by atoms with E-state index in [9.17, 15) is 4.21 Å². The van der Waals surface area contributed by atoms with E-state index in [0.29, 0.717) is 13.2 Å². The molecule has 118 valence electrons. The summed E-state index contributed by atoms with van der Waals surface area (Å²) in [4.78, 5) is 0.792. The molecule has 0 heterocycles. The van der Waals surface area contributed by atoms with Gasteiger partial charge in [-0.15, -0.1) is 0 Å². The van der Waals surface area contributed by atoms with Gasteiger partial charge in [-0.05, 0) is 24.6 Å². The molecule has 0 amide bonds. The van der Waals surface area contributed by atoms with Crippen LogP contribution < -0.4 is 0 Å². The smallest absolute Gasteiger partial charge is 0.147 e. The number of hydrogen-bond donors (Lipinski definition) is 0. The van der Waals surface area contributed by atoms with Crippen LogP contribution in [-0.4, -0.2) is 37.4 Å². The summed E-state index contributed by atoms with van der Waals surface area (Å²) < 4.78 is 27.9. The Bertz CT molecular complexity index is 420. The lowest BCUT2D eigenvalue weighted by Crippen LogP contribution is -2.14. The molecule has 0 aliphatic rings. The minimum Gasteiger partial charge on any atom is -0.382 e. The number of methoxy groups -OCH3 is 1. The summed E-state index contributed by atoms with van der Waals surface area (Å²) in [6.45, 7) is 3.37. The molecule has 0 saturated heterocycles. The first-order chi connectivity index (χ1) is 10.3. The molecule has 0 N–H and O–H groups in total. The Hall–Kier alpha value is -1.01. The van der Waals surface area contributed by atoms with Gasteiger partial charge in [0, 0.05) is 17.4 Å². The molecule has 0 fully saturated rings. The molecule has 1 aromatic rings. The maximum Gasteiger partial charge on any atom is 0.147 e. The molecule has 0 spiro atoms. The number of benzene rings is 1. The highest BCUT2D eigenvalue weighted by Crippen LogP contribution is 2.10. The first kappa shape index (κ1) is 18.0. The summed E-state index contributed by atoms with van der Waals surface area (Å²) in [5.41, 5.74) is 0. The Morgan fingerprint density at radius 3 is 2.67 bits per heavy atom. The van der Waals surface area contributed by atoms with Gasteiger partial charge in [0.05, 0.1) is 30.1 Å². The highest BCUT2D eigenvalue weighted by molar-refractivity contribution is 7.88. The Morgan fingerprint density at radius 2 is 2.00 bits per heavy atom. The van der Waals surface area contributed by atoms with Crippen LogP contribution >= 0.6 is 0 Å². The predicted molar refractivity (Wildman–Crippen MR) is 84.5 cm³/mol. The second kappa shape index (κ2) is 11.6. The molecule has 0 radical (unpaired) electrons. The van der Waals surface area contributed by atoms with Gasteiger partial charge in [-0.25, -0.2) is 4.21 Å². The van der Waals surface area contributed by atoms with Crippen LogP contribution in [0.4, 0.5) is 0 Å². The van der Waals surface area contributed by atoms with Crippen LogP contribution in [0.5, 0.6) is 0 Å². The summed E-state index contributed by atoms with van der Waals surface area (Å²) >= 11 is 0. The monoisotopic (exact) mass is 312 g/mol. The average molecular weight is 312 g/mol. The molecule has 0 unspecified atom stereocenters. The molecule has 1 rings (SSSR count). The maximum atomic E-state index is 12.1. The SMILES string of the molecule is CCC[C@@H](/C=C/[S@@](=O)c1ccccc1)OCOCCOC. The third-order valence-corrected chi connectivity index (χ3v) is 3.90. The molecule has 5 heteroatoms. The predicted octanol–water partition coefficient (Wildman–Crippen LogP) is 3.11. The molecule has 0 bridgehead atoms. The fourth-order valence-electron chi connectivity index (χ4n) is 1.65. The van der Waals surface area contributed by atoms with E-state index in [1.807, 2.05) is 36.4 Å². The zero-order valence-electron chi connectivity index (χ0n) is 12.7. The van der Waals surface area contributed by atoms with E-state index < -0.39 is 10.8 Å². The summed E-state index contributed by atoms with van der Waals surface area (Å²) in [6, 6.07) is 9.37. The van der Waals surface area contributed by atoms with Gasteiger partial charge >= 0.3 is 0 Å². The Balaban J connectivity index is 2.41. The normalized spacial score (nSPS) is 14.4. The molecule has 2 atom stereocenters. The highest BCUT2D eigenvalue weighted by atomic mass is 32.2. The average Bonchev–Trinajstić information content (AvgIpc) is 2.52. The first-order valence-electron chi connectivity index (χ1n) is 7.10. The van der Waals surface area contributed by atoms with E-state index in [0.717, 1.165) is 17.7 Å². The van der Waals surface area contributed by atoms with Gasteiger partial charge < -0.3 is 14.2 Å². The lowest BCUT2D eigenvalue weighted by atomic mass is 10.2. The maximum absolute atomic E-state index is 12.1. The van der Waals surface area contributed by atoms with Crippen molar-refractivity contribution in [2.45, 2.75) is 30.8 Å². The molecular formula is C16H24O4S. The molecule has 0 aromatic heterocycles. The molecule has 0 aliphatic heterocycles. The van der Waals surface area contributed by atoms with Crippen LogP contribution in [0, 0.1) is 0 Å². The van der Waals surface area contributed by atoms with Crippen molar-refractivity contribution in [1.82, 2.24) is 0 Å². The van der Waals surface area contributed by atoms with Crippen LogP contribution in [0.2, 0.25) is 0 Å². The van der Waals surface area contributed by atoms with Crippen molar-refractivity contribution in [3.63, 3.8) is 0 Å². The Morgan fingerprint density at radius 1 is 1.24 bits per heavy atom. The van der Waals surface area contributed by atoms with Crippen LogP contribution in [-0.2, 0) is 25.0 Å². The van der Waals surface area contributed by atoms with E-state index in [1.54, 1.807) is 12.5 Å². The van der Waals surface area contributed by atoms with Crippen LogP contribution in [0.25, 0.3) is 0 Å². The fourth-order valence-corrected chi connectivity index (χ4v) is 2.55. The van der Waals surface area contributed by atoms with Gasteiger partial charge in [0.15, 0.2) is 0 Å². The standard InChI is InChI=1S/C16H24O4S/c1-3-7-15(20-14-19-12-11-18-2)10-13-21(17)16-8-5-4-6-9-16/h4-6,8-10,13,15H,3,7,11-12,14H2,1-2H3/b13-10+/t15-,21+/m0/s1. The zero-order chi connectivity index (χ0) is 15.3. The molecule has 4 nitrogen and oxygen atoms in total. The third-order valence-electron chi connectivity index (χ3n) is 2.76. The second-order valence-corrected chi connectivity index (χ2v) is 5.79. The molecular weight excluding hydrogens is 288 g/mol. The van der Waals surface area contributed by atoms with Gasteiger partial charge in [0.1, 0.15) is 6.79 Å². The summed E-state index contributed by atoms with van der Waals surface area (Å²) in [5, 5.41) is 1.69. The lowest BCUT2D eigenvalue weighted by molar-refractivity contribution is -0.0863. The largest absolute Gasteiger partial charge is 0.382 e. The van der Waals surface area contributed by atoms with Gasteiger partial charge in [-0.1, -0.05) is 31.5 Å². The van der Waals surface area contributed by atoms with Crippen molar-refractivity contribution < 1.29 is 18.4 Å². The fraction of sp³-hybridized carbons (Fsp3) is 0.500. The van der Waals surface area contributed by atoms with Gasteiger partial charge in [-0.2, -0.15) is 0 Å². The third kappa shape index (κ3) is 8.12. The van der Waals surface area contributed by atoms with Crippen molar-refractivity contribution >= 4 is 10.8 Å². The quantitative estimate of drug-likeness (QED) is 0.465. The van der Waals surface area contributed by atoms with E-state index in [4.69, 9.17) is 14.2 Å². The first-order valence-corrected chi connectivity index (χ1v) is 8.31. The van der Waals surface area contributed by atoms with Crippen molar-refractivity contribution in [2.75, 3.05) is 27.1 Å². The molecule has 0 saturated carbocycles. The zero-order valence-corrected chi connectivity index (χ0v) is 13.5. The highest BCUT2D eigenvalue weighted by Gasteiger charge is 2.05. The minimum absolute atomic E-state index is 0.0785.